The topological polar surface area (TPSA) is 52.6 Å². The maximum absolute atomic E-state index is 11.8. The lowest BCUT2D eigenvalue weighted by Gasteiger charge is -2.23. The molecular weight excluding hydrogens is 248 g/mol. The SMILES string of the molecule is CCC(CC)N(O)C(=O)Nc1ccc(SC)cc1. The summed E-state index contributed by atoms with van der Waals surface area (Å²) in [4.78, 5) is 12.9. The fourth-order valence-corrected chi connectivity index (χ4v) is 2.06. The van der Waals surface area contributed by atoms with Gasteiger partial charge in [-0.15, -0.1) is 11.8 Å². The first kappa shape index (κ1) is 14.9. The molecule has 1 aromatic rings. The lowest BCUT2D eigenvalue weighted by molar-refractivity contribution is -0.0747. The van der Waals surface area contributed by atoms with Gasteiger partial charge in [0.2, 0.25) is 0 Å². The molecular formula is C13H20N2O2S. The van der Waals surface area contributed by atoms with Crippen molar-refractivity contribution in [3.63, 3.8) is 0 Å². The lowest BCUT2D eigenvalue weighted by atomic mass is 10.2. The summed E-state index contributed by atoms with van der Waals surface area (Å²) in [6, 6.07) is 6.88. The van der Waals surface area contributed by atoms with Crippen molar-refractivity contribution in [2.75, 3.05) is 11.6 Å². The van der Waals surface area contributed by atoms with E-state index in [0.717, 1.165) is 22.8 Å². The zero-order chi connectivity index (χ0) is 13.5. The van der Waals surface area contributed by atoms with Crippen LogP contribution in [0, 0.1) is 0 Å². The Morgan fingerprint density at radius 3 is 2.33 bits per heavy atom. The Labute approximate surface area is 112 Å². The molecule has 2 amide bonds. The fourth-order valence-electron chi connectivity index (χ4n) is 1.66. The summed E-state index contributed by atoms with van der Waals surface area (Å²) in [5.41, 5.74) is 0.683. The van der Waals surface area contributed by atoms with Gasteiger partial charge in [-0.25, -0.2) is 9.86 Å². The van der Waals surface area contributed by atoms with Gasteiger partial charge in [0.05, 0.1) is 6.04 Å². The molecule has 0 atom stereocenters. The van der Waals surface area contributed by atoms with Gasteiger partial charge in [-0.1, -0.05) is 13.8 Å². The minimum absolute atomic E-state index is 0.143. The molecule has 0 fully saturated rings. The monoisotopic (exact) mass is 268 g/mol. The van der Waals surface area contributed by atoms with Crippen molar-refractivity contribution >= 4 is 23.5 Å². The Hall–Kier alpha value is -1.20. The molecule has 1 aromatic carbocycles. The first-order valence-corrected chi connectivity index (χ1v) is 7.28. The third-order valence-corrected chi connectivity index (χ3v) is 3.58. The largest absolute Gasteiger partial charge is 0.345 e. The van der Waals surface area contributed by atoms with Crippen LogP contribution in [0.25, 0.3) is 0 Å². The minimum Gasteiger partial charge on any atom is -0.306 e. The third-order valence-electron chi connectivity index (χ3n) is 2.84. The summed E-state index contributed by atoms with van der Waals surface area (Å²) in [6.07, 6.45) is 3.45. The Balaban J connectivity index is 2.62. The van der Waals surface area contributed by atoms with Gasteiger partial charge < -0.3 is 5.32 Å². The number of thioether (sulfide) groups is 1. The van der Waals surface area contributed by atoms with Crippen molar-refractivity contribution in [3.05, 3.63) is 24.3 Å². The van der Waals surface area contributed by atoms with Crippen LogP contribution in [0.2, 0.25) is 0 Å². The standard InChI is InChI=1S/C13H20N2O2S/c1-4-11(5-2)15(17)13(16)14-10-6-8-12(18-3)9-7-10/h6-9,11,17H,4-5H2,1-3H3,(H,14,16). The van der Waals surface area contributed by atoms with E-state index in [9.17, 15) is 10.0 Å². The van der Waals surface area contributed by atoms with Gasteiger partial charge in [-0.2, -0.15) is 0 Å². The Morgan fingerprint density at radius 2 is 1.89 bits per heavy atom. The van der Waals surface area contributed by atoms with E-state index in [1.54, 1.807) is 11.8 Å². The van der Waals surface area contributed by atoms with E-state index in [1.807, 2.05) is 44.4 Å². The Kier molecular flexibility index (Phi) is 6.01. The number of carbonyl (C=O) groups excluding carboxylic acids is 1. The highest BCUT2D eigenvalue weighted by molar-refractivity contribution is 7.98. The molecule has 4 nitrogen and oxygen atoms in total. The van der Waals surface area contributed by atoms with Gasteiger partial charge in [0, 0.05) is 10.6 Å². The molecule has 5 heteroatoms. The van der Waals surface area contributed by atoms with Crippen LogP contribution in [-0.2, 0) is 0 Å². The molecule has 0 aromatic heterocycles. The predicted molar refractivity (Wildman–Crippen MR) is 75.2 cm³/mol. The average Bonchev–Trinajstić information content (AvgIpc) is 2.40. The number of urea groups is 1. The number of anilines is 1. The summed E-state index contributed by atoms with van der Waals surface area (Å²) in [7, 11) is 0. The van der Waals surface area contributed by atoms with Crippen LogP contribution in [0.1, 0.15) is 26.7 Å². The van der Waals surface area contributed by atoms with E-state index in [1.165, 1.54) is 0 Å². The predicted octanol–water partition coefficient (Wildman–Crippen LogP) is 3.82. The van der Waals surface area contributed by atoms with Crippen LogP contribution >= 0.6 is 11.8 Å². The van der Waals surface area contributed by atoms with Gasteiger partial charge in [0.15, 0.2) is 0 Å². The van der Waals surface area contributed by atoms with Crippen LogP contribution in [0.15, 0.2) is 29.2 Å². The molecule has 0 heterocycles. The van der Waals surface area contributed by atoms with E-state index in [0.29, 0.717) is 5.69 Å². The molecule has 0 aliphatic heterocycles. The molecule has 100 valence electrons. The quantitative estimate of drug-likeness (QED) is 0.485. The van der Waals surface area contributed by atoms with Crippen molar-refractivity contribution < 1.29 is 10.0 Å². The number of hydroxylamine groups is 2. The third kappa shape index (κ3) is 3.92. The van der Waals surface area contributed by atoms with Gasteiger partial charge >= 0.3 is 6.03 Å². The summed E-state index contributed by atoms with van der Waals surface area (Å²) >= 11 is 1.64. The number of amides is 2. The summed E-state index contributed by atoms with van der Waals surface area (Å²) in [5.74, 6) is 0. The summed E-state index contributed by atoms with van der Waals surface area (Å²) in [5, 5.41) is 13.2. The Bertz CT molecular complexity index is 377. The van der Waals surface area contributed by atoms with Gasteiger partial charge in [-0.3, -0.25) is 5.21 Å². The molecule has 0 radical (unpaired) electrons. The van der Waals surface area contributed by atoms with Gasteiger partial charge in [0.25, 0.3) is 0 Å². The minimum atomic E-state index is -0.486. The number of benzene rings is 1. The zero-order valence-electron chi connectivity index (χ0n) is 11.0. The molecule has 0 saturated heterocycles. The van der Waals surface area contributed by atoms with Gasteiger partial charge in [-0.05, 0) is 43.4 Å². The molecule has 0 spiro atoms. The van der Waals surface area contributed by atoms with E-state index < -0.39 is 6.03 Å². The highest BCUT2D eigenvalue weighted by Gasteiger charge is 2.18. The maximum Gasteiger partial charge on any atom is 0.345 e. The molecule has 2 N–H and O–H groups in total. The van der Waals surface area contributed by atoms with Crippen molar-refractivity contribution in [2.24, 2.45) is 0 Å². The van der Waals surface area contributed by atoms with Crippen molar-refractivity contribution in [1.29, 1.82) is 0 Å². The van der Waals surface area contributed by atoms with Crippen LogP contribution < -0.4 is 5.32 Å². The van der Waals surface area contributed by atoms with E-state index in [4.69, 9.17) is 0 Å². The number of hydrogen-bond acceptors (Lipinski definition) is 3. The van der Waals surface area contributed by atoms with E-state index in [2.05, 4.69) is 5.32 Å². The van der Waals surface area contributed by atoms with E-state index >= 15 is 0 Å². The average molecular weight is 268 g/mol. The molecule has 1 rings (SSSR count). The second kappa shape index (κ2) is 7.28. The Morgan fingerprint density at radius 1 is 1.33 bits per heavy atom. The normalized spacial score (nSPS) is 10.5. The highest BCUT2D eigenvalue weighted by Crippen LogP contribution is 2.18. The number of nitrogens with zero attached hydrogens (tertiary/aromatic N) is 1. The smallest absolute Gasteiger partial charge is 0.306 e. The first-order chi connectivity index (χ1) is 8.62. The van der Waals surface area contributed by atoms with Crippen molar-refractivity contribution in [3.8, 4) is 0 Å². The maximum atomic E-state index is 11.8. The second-order valence-electron chi connectivity index (χ2n) is 3.97. The summed E-state index contributed by atoms with van der Waals surface area (Å²) in [6.45, 7) is 3.88. The number of carbonyl (C=O) groups is 1. The van der Waals surface area contributed by atoms with Crippen LogP contribution in [0.5, 0.6) is 0 Å². The summed E-state index contributed by atoms with van der Waals surface area (Å²) < 4.78 is 0. The van der Waals surface area contributed by atoms with Crippen LogP contribution in [0.3, 0.4) is 0 Å². The molecule has 0 aliphatic rings. The van der Waals surface area contributed by atoms with Crippen LogP contribution in [0.4, 0.5) is 10.5 Å². The second-order valence-corrected chi connectivity index (χ2v) is 4.85. The zero-order valence-corrected chi connectivity index (χ0v) is 11.8. The first-order valence-electron chi connectivity index (χ1n) is 6.05. The molecule has 0 aliphatic carbocycles. The number of hydrogen-bond donors (Lipinski definition) is 2. The van der Waals surface area contributed by atoms with Gasteiger partial charge in [0.1, 0.15) is 0 Å². The molecule has 0 saturated carbocycles. The fraction of sp³-hybridized carbons (Fsp3) is 0.462. The molecule has 0 unspecified atom stereocenters. The number of nitrogens with one attached hydrogen (secondary N) is 1. The molecule has 18 heavy (non-hydrogen) atoms. The van der Waals surface area contributed by atoms with Crippen molar-refractivity contribution in [1.82, 2.24) is 5.06 Å². The van der Waals surface area contributed by atoms with Crippen LogP contribution in [-0.4, -0.2) is 28.6 Å². The van der Waals surface area contributed by atoms with Crippen molar-refractivity contribution in [2.45, 2.75) is 37.6 Å². The molecule has 0 bridgehead atoms. The number of rotatable bonds is 5. The van der Waals surface area contributed by atoms with E-state index in [-0.39, 0.29) is 6.04 Å². The lowest BCUT2D eigenvalue weighted by Crippen LogP contribution is -2.39. The highest BCUT2D eigenvalue weighted by atomic mass is 32.2.